The fraction of sp³-hybridized carbons (Fsp3) is 0.833. The predicted molar refractivity (Wildman–Crippen MR) is 60.2 cm³/mol. The highest BCUT2D eigenvalue weighted by molar-refractivity contribution is 5.82. The summed E-state index contributed by atoms with van der Waals surface area (Å²) < 4.78 is 0. The van der Waals surface area contributed by atoms with E-state index < -0.39 is 0 Å². The molecule has 0 aromatic carbocycles. The molecule has 1 N–H and O–H groups in total. The number of nitrogens with one attached hydrogen (secondary N) is 1. The van der Waals surface area contributed by atoms with Gasteiger partial charge in [0, 0.05) is 17.9 Å². The number of fused-ring (bicyclic) bond motifs is 1. The topological polar surface area (TPSA) is 56.1 Å². The first-order chi connectivity index (χ1) is 7.37. The summed E-state index contributed by atoms with van der Waals surface area (Å²) in [5.41, 5.74) is -0.463. The van der Waals surface area contributed by atoms with Gasteiger partial charge in [-0.2, -0.15) is 5.26 Å². The van der Waals surface area contributed by atoms with Crippen LogP contribution in [0.25, 0.3) is 0 Å². The summed E-state index contributed by atoms with van der Waals surface area (Å²) in [7, 11) is 0. The molecular formula is C12H19N3O. The van der Waals surface area contributed by atoms with Gasteiger partial charge in [0.25, 0.3) is 0 Å². The Hall–Kier alpha value is -1.24. The zero-order valence-electron chi connectivity index (χ0n) is 10.2. The maximum absolute atomic E-state index is 12.0. The van der Waals surface area contributed by atoms with Crippen LogP contribution in [0, 0.1) is 22.8 Å². The van der Waals surface area contributed by atoms with Gasteiger partial charge in [-0.1, -0.05) is 20.8 Å². The predicted octanol–water partition coefficient (Wildman–Crippen LogP) is 1.09. The molecule has 0 radical (unpaired) electrons. The molecule has 1 aliphatic heterocycles. The van der Waals surface area contributed by atoms with Crippen LogP contribution < -0.4 is 5.32 Å². The van der Waals surface area contributed by atoms with Gasteiger partial charge >= 0.3 is 0 Å². The Balaban J connectivity index is 2.06. The third-order valence-electron chi connectivity index (χ3n) is 3.82. The van der Waals surface area contributed by atoms with Crippen molar-refractivity contribution in [1.82, 2.24) is 10.2 Å². The van der Waals surface area contributed by atoms with Crippen LogP contribution in [0.5, 0.6) is 0 Å². The molecule has 16 heavy (non-hydrogen) atoms. The van der Waals surface area contributed by atoms with Crippen LogP contribution >= 0.6 is 0 Å². The fourth-order valence-corrected chi connectivity index (χ4v) is 2.54. The van der Waals surface area contributed by atoms with Crippen molar-refractivity contribution in [2.45, 2.75) is 39.2 Å². The molecule has 2 unspecified atom stereocenters. The first kappa shape index (κ1) is 11.3. The molecule has 4 heteroatoms. The minimum absolute atomic E-state index is 0.0944. The Labute approximate surface area is 96.6 Å². The van der Waals surface area contributed by atoms with Crippen LogP contribution in [-0.2, 0) is 4.79 Å². The lowest BCUT2D eigenvalue weighted by Gasteiger charge is -2.45. The van der Waals surface area contributed by atoms with Crippen LogP contribution in [0.4, 0.5) is 0 Å². The van der Waals surface area contributed by atoms with E-state index in [9.17, 15) is 4.79 Å². The van der Waals surface area contributed by atoms with Crippen LogP contribution in [0.2, 0.25) is 0 Å². The summed E-state index contributed by atoms with van der Waals surface area (Å²) in [4.78, 5) is 13.8. The van der Waals surface area contributed by atoms with Gasteiger partial charge in [0.05, 0.1) is 12.1 Å². The molecule has 0 aromatic heterocycles. The zero-order chi connectivity index (χ0) is 12.0. The van der Waals surface area contributed by atoms with Crippen LogP contribution in [-0.4, -0.2) is 29.4 Å². The van der Waals surface area contributed by atoms with Gasteiger partial charge in [-0.25, -0.2) is 0 Å². The van der Waals surface area contributed by atoms with Crippen LogP contribution in [0.1, 0.15) is 33.6 Å². The number of carbonyl (C=O) groups excluding carboxylic acids is 1. The number of nitriles is 1. The van der Waals surface area contributed by atoms with E-state index in [1.54, 1.807) is 4.90 Å². The van der Waals surface area contributed by atoms with E-state index in [1.807, 2.05) is 20.8 Å². The Bertz CT molecular complexity index is 352. The lowest BCUT2D eigenvalue weighted by Crippen LogP contribution is -2.61. The van der Waals surface area contributed by atoms with Gasteiger partial charge in [0.1, 0.15) is 0 Å². The first-order valence-corrected chi connectivity index (χ1v) is 5.85. The summed E-state index contributed by atoms with van der Waals surface area (Å²) in [6.07, 6.45) is 4.32. The summed E-state index contributed by atoms with van der Waals surface area (Å²) in [5, 5.41) is 12.1. The van der Waals surface area contributed by atoms with Crippen LogP contribution in [0.3, 0.4) is 0 Å². The third-order valence-corrected chi connectivity index (χ3v) is 3.82. The number of hydrogen-bond acceptors (Lipinski definition) is 3. The van der Waals surface area contributed by atoms with Crippen molar-refractivity contribution >= 4 is 5.91 Å². The van der Waals surface area contributed by atoms with Gasteiger partial charge in [-0.05, 0) is 12.8 Å². The molecule has 4 nitrogen and oxygen atoms in total. The molecule has 1 aliphatic carbocycles. The number of carbonyl (C=O) groups is 1. The molecule has 0 spiro atoms. The monoisotopic (exact) mass is 221 g/mol. The van der Waals surface area contributed by atoms with E-state index in [1.165, 1.54) is 0 Å². The number of amides is 1. The largest absolute Gasteiger partial charge is 0.348 e. The fourth-order valence-electron chi connectivity index (χ4n) is 2.54. The van der Waals surface area contributed by atoms with Crippen molar-refractivity contribution in [3.05, 3.63) is 0 Å². The van der Waals surface area contributed by atoms with Crippen molar-refractivity contribution in [1.29, 1.82) is 5.26 Å². The Morgan fingerprint density at radius 1 is 1.56 bits per heavy atom. The van der Waals surface area contributed by atoms with Gasteiger partial charge < -0.3 is 10.2 Å². The highest BCUT2D eigenvalue weighted by Crippen LogP contribution is 2.44. The highest BCUT2D eigenvalue weighted by atomic mass is 16.2. The molecule has 2 aliphatic rings. The van der Waals surface area contributed by atoms with Gasteiger partial charge in [-0.15, -0.1) is 0 Å². The molecule has 1 amide bonds. The minimum atomic E-state index is -0.352. The maximum Gasteiger partial charge on any atom is 0.225 e. The SMILES string of the molecule is CC(C)(C)C(=O)NC12CCC1CN(C#N)C2. The van der Waals surface area contributed by atoms with E-state index in [4.69, 9.17) is 5.26 Å². The Morgan fingerprint density at radius 3 is 2.69 bits per heavy atom. The van der Waals surface area contributed by atoms with Crippen molar-refractivity contribution in [3.8, 4) is 6.19 Å². The Morgan fingerprint density at radius 2 is 2.25 bits per heavy atom. The van der Waals surface area contributed by atoms with E-state index in [-0.39, 0.29) is 16.9 Å². The smallest absolute Gasteiger partial charge is 0.225 e. The quantitative estimate of drug-likeness (QED) is 0.674. The first-order valence-electron chi connectivity index (χ1n) is 5.85. The average Bonchev–Trinajstić information content (AvgIpc) is 2.40. The Kier molecular flexibility index (Phi) is 2.37. The van der Waals surface area contributed by atoms with Crippen molar-refractivity contribution in [2.75, 3.05) is 13.1 Å². The zero-order valence-corrected chi connectivity index (χ0v) is 10.2. The lowest BCUT2D eigenvalue weighted by molar-refractivity contribution is -0.132. The minimum Gasteiger partial charge on any atom is -0.348 e. The highest BCUT2D eigenvalue weighted by Gasteiger charge is 2.54. The molecule has 2 rings (SSSR count). The molecule has 1 saturated heterocycles. The number of hydrogen-bond donors (Lipinski definition) is 1. The molecule has 88 valence electrons. The second-order valence-corrected chi connectivity index (χ2v) is 6.08. The second-order valence-electron chi connectivity index (χ2n) is 6.08. The summed E-state index contributed by atoms with van der Waals surface area (Å²) in [6, 6.07) is 0. The van der Waals surface area contributed by atoms with Crippen molar-refractivity contribution in [2.24, 2.45) is 11.3 Å². The number of likely N-dealkylation sites (tertiary alicyclic amines) is 1. The van der Waals surface area contributed by atoms with Crippen molar-refractivity contribution in [3.63, 3.8) is 0 Å². The maximum atomic E-state index is 12.0. The van der Waals surface area contributed by atoms with E-state index >= 15 is 0 Å². The summed E-state index contributed by atoms with van der Waals surface area (Å²) in [6.45, 7) is 7.26. The molecule has 0 aromatic rings. The summed E-state index contributed by atoms with van der Waals surface area (Å²) in [5.74, 6) is 0.565. The molecule has 1 saturated carbocycles. The molecule has 2 fully saturated rings. The molecule has 2 atom stereocenters. The molecule has 0 bridgehead atoms. The van der Waals surface area contributed by atoms with E-state index in [2.05, 4.69) is 11.5 Å². The average molecular weight is 221 g/mol. The van der Waals surface area contributed by atoms with Crippen LogP contribution in [0.15, 0.2) is 0 Å². The third kappa shape index (κ3) is 1.64. The molecule has 1 heterocycles. The number of rotatable bonds is 1. The standard InChI is InChI=1S/C12H19N3O/c1-11(2,3)10(16)14-12-5-4-9(12)6-15(7-12)8-13/h9H,4-7H2,1-3H3,(H,14,16). The molecular weight excluding hydrogens is 202 g/mol. The van der Waals surface area contributed by atoms with E-state index in [0.29, 0.717) is 12.5 Å². The normalized spacial score (nSPS) is 32.6. The van der Waals surface area contributed by atoms with Crippen molar-refractivity contribution < 1.29 is 4.79 Å². The lowest BCUT2D eigenvalue weighted by atomic mass is 9.68. The second kappa shape index (κ2) is 3.38. The number of nitrogens with zero attached hydrogens (tertiary/aromatic N) is 2. The van der Waals surface area contributed by atoms with Gasteiger partial charge in [0.2, 0.25) is 5.91 Å². The van der Waals surface area contributed by atoms with Gasteiger partial charge in [0.15, 0.2) is 6.19 Å². The summed E-state index contributed by atoms with van der Waals surface area (Å²) >= 11 is 0. The van der Waals surface area contributed by atoms with Gasteiger partial charge in [-0.3, -0.25) is 4.79 Å². The van der Waals surface area contributed by atoms with E-state index in [0.717, 1.165) is 19.4 Å².